The van der Waals surface area contributed by atoms with E-state index in [9.17, 15) is 19.2 Å². The molecule has 0 radical (unpaired) electrons. The first-order valence-electron chi connectivity index (χ1n) is 9.12. The zero-order valence-corrected chi connectivity index (χ0v) is 18.6. The van der Waals surface area contributed by atoms with Crippen molar-refractivity contribution >= 4 is 21.7 Å². The van der Waals surface area contributed by atoms with Crippen LogP contribution in [0.2, 0.25) is 0 Å². The van der Waals surface area contributed by atoms with Crippen LogP contribution in [0, 0.1) is 0 Å². The molecule has 0 aromatic carbocycles. The number of anilines is 1. The van der Waals surface area contributed by atoms with Crippen LogP contribution < -0.4 is 28.2 Å². The second-order valence-electron chi connectivity index (χ2n) is 6.82. The fourth-order valence-corrected chi connectivity index (χ4v) is 3.87. The first kappa shape index (κ1) is 23.7. The van der Waals surface area contributed by atoms with Crippen LogP contribution in [0.15, 0.2) is 23.8 Å². The molecule has 0 bridgehead atoms. The van der Waals surface area contributed by atoms with Crippen molar-refractivity contribution in [3.05, 3.63) is 57.4 Å². The highest BCUT2D eigenvalue weighted by Gasteiger charge is 2.14. The van der Waals surface area contributed by atoms with Crippen LogP contribution >= 0.6 is 15.9 Å². The molecule has 0 unspecified atom stereocenters. The Kier molecular flexibility index (Phi) is 8.22. The van der Waals surface area contributed by atoms with E-state index in [1.165, 1.54) is 9.13 Å². The number of nitrogens with zero attached hydrogens (tertiary/aromatic N) is 2. The molecule has 156 valence electrons. The van der Waals surface area contributed by atoms with Gasteiger partial charge in [-0.25, -0.2) is 9.59 Å². The number of rotatable bonds is 4. The monoisotopic (exact) mass is 457 g/mol. The quantitative estimate of drug-likeness (QED) is 0.600. The fourth-order valence-electron chi connectivity index (χ4n) is 2.82. The molecule has 0 aliphatic rings. The molecule has 2 rings (SSSR count). The zero-order valence-electron chi connectivity index (χ0n) is 17.1. The molecule has 0 saturated carbocycles. The van der Waals surface area contributed by atoms with Gasteiger partial charge in [0.2, 0.25) is 0 Å². The Labute approximate surface area is 170 Å². The summed E-state index contributed by atoms with van der Waals surface area (Å²) < 4.78 is 3.44. The number of hydrogen-bond donors (Lipinski definition) is 3. The van der Waals surface area contributed by atoms with Gasteiger partial charge < -0.3 is 5.73 Å². The Morgan fingerprint density at radius 1 is 0.821 bits per heavy atom. The third-order valence-electron chi connectivity index (χ3n) is 4.23. The van der Waals surface area contributed by atoms with Crippen molar-refractivity contribution in [2.75, 3.05) is 5.73 Å². The largest absolute Gasteiger partial charge is 0.385 e. The number of aromatic nitrogens is 4. The van der Waals surface area contributed by atoms with E-state index in [1.807, 2.05) is 34.6 Å². The minimum atomic E-state index is -0.445. The number of nitrogens with one attached hydrogen (secondary N) is 2. The molecular weight excluding hydrogens is 430 g/mol. The van der Waals surface area contributed by atoms with Gasteiger partial charge in [0.1, 0.15) is 5.82 Å². The SMILES string of the molecule is CCn1c(Br)c(C(C)C)c(=O)[nH]c1=O.CCn1c(N)c(C(C)C)c(=O)[nH]c1=O. The lowest BCUT2D eigenvalue weighted by Crippen LogP contribution is -2.34. The van der Waals surface area contributed by atoms with Crippen molar-refractivity contribution in [1.29, 1.82) is 0 Å². The molecule has 2 aromatic rings. The van der Waals surface area contributed by atoms with Crippen molar-refractivity contribution in [2.45, 2.75) is 66.5 Å². The maximum absolute atomic E-state index is 11.5. The van der Waals surface area contributed by atoms with Crippen LogP contribution in [-0.4, -0.2) is 19.1 Å². The van der Waals surface area contributed by atoms with Gasteiger partial charge in [-0.2, -0.15) is 0 Å². The summed E-state index contributed by atoms with van der Waals surface area (Å²) in [4.78, 5) is 50.1. The van der Waals surface area contributed by atoms with E-state index in [-0.39, 0.29) is 34.5 Å². The van der Waals surface area contributed by atoms with Crippen LogP contribution in [0.3, 0.4) is 0 Å². The Balaban J connectivity index is 0.000000280. The van der Waals surface area contributed by atoms with Gasteiger partial charge in [-0.1, -0.05) is 27.7 Å². The van der Waals surface area contributed by atoms with Crippen LogP contribution in [-0.2, 0) is 13.1 Å². The van der Waals surface area contributed by atoms with Gasteiger partial charge in [-0.3, -0.25) is 28.7 Å². The van der Waals surface area contributed by atoms with Crippen molar-refractivity contribution in [2.24, 2.45) is 0 Å². The van der Waals surface area contributed by atoms with E-state index >= 15 is 0 Å². The first-order valence-corrected chi connectivity index (χ1v) is 9.91. The summed E-state index contributed by atoms with van der Waals surface area (Å²) >= 11 is 3.29. The predicted molar refractivity (Wildman–Crippen MR) is 114 cm³/mol. The minimum Gasteiger partial charge on any atom is -0.385 e. The number of hydrogen-bond acceptors (Lipinski definition) is 5. The lowest BCUT2D eigenvalue weighted by Gasteiger charge is -2.12. The van der Waals surface area contributed by atoms with Crippen molar-refractivity contribution in [3.8, 4) is 0 Å². The van der Waals surface area contributed by atoms with Gasteiger partial charge in [0, 0.05) is 13.1 Å². The van der Waals surface area contributed by atoms with E-state index in [0.717, 1.165) is 0 Å². The van der Waals surface area contributed by atoms with Crippen LogP contribution in [0.1, 0.15) is 64.5 Å². The van der Waals surface area contributed by atoms with E-state index in [2.05, 4.69) is 25.9 Å². The van der Waals surface area contributed by atoms with Gasteiger partial charge in [-0.05, 0) is 41.6 Å². The molecule has 2 heterocycles. The molecule has 9 nitrogen and oxygen atoms in total. The Hall–Kier alpha value is -2.36. The van der Waals surface area contributed by atoms with E-state index in [4.69, 9.17) is 5.73 Å². The predicted octanol–water partition coefficient (Wildman–Crippen LogP) is 1.70. The molecule has 0 atom stereocenters. The number of aromatic amines is 2. The first-order chi connectivity index (χ1) is 13.0. The molecule has 0 spiro atoms. The smallest absolute Gasteiger partial charge is 0.329 e. The molecule has 0 aliphatic heterocycles. The highest BCUT2D eigenvalue weighted by Crippen LogP contribution is 2.19. The summed E-state index contributed by atoms with van der Waals surface area (Å²) in [5.74, 6) is 0.375. The minimum absolute atomic E-state index is 0.0112. The zero-order chi connectivity index (χ0) is 21.8. The van der Waals surface area contributed by atoms with Crippen LogP contribution in [0.25, 0.3) is 0 Å². The van der Waals surface area contributed by atoms with E-state index in [0.29, 0.717) is 28.8 Å². The highest BCUT2D eigenvalue weighted by molar-refractivity contribution is 9.10. The van der Waals surface area contributed by atoms with Gasteiger partial charge in [0.05, 0.1) is 15.7 Å². The van der Waals surface area contributed by atoms with Gasteiger partial charge in [-0.15, -0.1) is 0 Å². The molecule has 4 N–H and O–H groups in total. The van der Waals surface area contributed by atoms with Crippen molar-refractivity contribution < 1.29 is 0 Å². The average Bonchev–Trinajstić information content (AvgIpc) is 2.54. The Morgan fingerprint density at radius 3 is 1.61 bits per heavy atom. The highest BCUT2D eigenvalue weighted by atomic mass is 79.9. The number of nitrogens with two attached hydrogens (primary N) is 1. The molecule has 2 aromatic heterocycles. The molecule has 28 heavy (non-hydrogen) atoms. The number of halogens is 1. The summed E-state index contributed by atoms with van der Waals surface area (Å²) in [5.41, 5.74) is 5.34. The van der Waals surface area contributed by atoms with Crippen LogP contribution in [0.4, 0.5) is 5.82 Å². The maximum Gasteiger partial charge on any atom is 0.329 e. The molecule has 0 amide bonds. The molecule has 0 saturated heterocycles. The number of nitrogen functional groups attached to an aromatic ring is 1. The maximum atomic E-state index is 11.5. The molecule has 0 fully saturated rings. The third-order valence-corrected chi connectivity index (χ3v) is 5.09. The second-order valence-corrected chi connectivity index (χ2v) is 7.57. The second kappa shape index (κ2) is 9.72. The topological polar surface area (TPSA) is 136 Å². The fraction of sp³-hybridized carbons (Fsp3) is 0.556. The summed E-state index contributed by atoms with van der Waals surface area (Å²) in [5, 5.41) is 0. The Morgan fingerprint density at radius 2 is 1.21 bits per heavy atom. The average molecular weight is 458 g/mol. The number of H-pyrrole nitrogens is 2. The van der Waals surface area contributed by atoms with Gasteiger partial charge >= 0.3 is 11.4 Å². The third kappa shape index (κ3) is 4.92. The van der Waals surface area contributed by atoms with Crippen molar-refractivity contribution in [1.82, 2.24) is 19.1 Å². The van der Waals surface area contributed by atoms with Crippen LogP contribution in [0.5, 0.6) is 0 Å². The molecule has 0 aliphatic carbocycles. The normalized spacial score (nSPS) is 10.9. The molecular formula is C18H28BrN5O4. The summed E-state index contributed by atoms with van der Waals surface area (Å²) in [6.07, 6.45) is 0. The standard InChI is InChI=1S/C9H13BrN2O2.C9H15N3O2/c2*1-4-12-7(10)6(5(2)3)8(13)11-9(12)14/h5H,4H2,1-3H3,(H,11,13,14);5H,4,10H2,1-3H3,(H,11,13,14). The summed E-state index contributed by atoms with van der Waals surface area (Å²) in [6.45, 7) is 12.2. The molecule has 10 heteroatoms. The summed E-state index contributed by atoms with van der Waals surface area (Å²) in [7, 11) is 0. The van der Waals surface area contributed by atoms with Crippen molar-refractivity contribution in [3.63, 3.8) is 0 Å². The lowest BCUT2D eigenvalue weighted by molar-refractivity contribution is 0.650. The summed E-state index contributed by atoms with van der Waals surface area (Å²) in [6, 6.07) is 0. The Bertz CT molecular complexity index is 974. The van der Waals surface area contributed by atoms with E-state index < -0.39 is 5.69 Å². The van der Waals surface area contributed by atoms with E-state index in [1.54, 1.807) is 6.92 Å². The van der Waals surface area contributed by atoms with Gasteiger partial charge in [0.25, 0.3) is 11.1 Å². The van der Waals surface area contributed by atoms with Gasteiger partial charge in [0.15, 0.2) is 0 Å². The lowest BCUT2D eigenvalue weighted by atomic mass is 10.1.